The van der Waals surface area contributed by atoms with Gasteiger partial charge in [-0.2, -0.15) is 4.98 Å². The Bertz CT molecular complexity index is 828. The minimum absolute atomic E-state index is 0.00451. The second-order valence-corrected chi connectivity index (χ2v) is 6.14. The third-order valence-electron chi connectivity index (χ3n) is 3.66. The molecule has 1 unspecified atom stereocenters. The van der Waals surface area contributed by atoms with Gasteiger partial charge in [-0.25, -0.2) is 0 Å². The molecule has 0 N–H and O–H groups in total. The van der Waals surface area contributed by atoms with Crippen LogP contribution in [0.15, 0.2) is 33.6 Å². The zero-order chi connectivity index (χ0) is 13.7. The van der Waals surface area contributed by atoms with Crippen LogP contribution in [-0.2, 0) is 0 Å². The average molecular weight is 287 g/mol. The molecule has 20 heavy (non-hydrogen) atoms. The lowest BCUT2D eigenvalue weighted by Crippen LogP contribution is -2.18. The normalized spacial score (nSPS) is 16.6. The molecule has 1 aliphatic carbocycles. The number of aromatic nitrogens is 3. The summed E-state index contributed by atoms with van der Waals surface area (Å²) in [6.45, 7) is 1.92. The quantitative estimate of drug-likeness (QED) is 0.743. The maximum atomic E-state index is 12.2. The molecule has 102 valence electrons. The maximum Gasteiger partial charge on any atom is 0.308 e. The van der Waals surface area contributed by atoms with Crippen molar-refractivity contribution in [3.63, 3.8) is 0 Å². The summed E-state index contributed by atoms with van der Waals surface area (Å²) in [6.07, 6.45) is 2.27. The Kier molecular flexibility index (Phi) is 2.53. The fourth-order valence-electron chi connectivity index (χ4n) is 2.39. The van der Waals surface area contributed by atoms with Crippen LogP contribution in [0, 0.1) is 0 Å². The van der Waals surface area contributed by atoms with Crippen LogP contribution >= 0.6 is 11.3 Å². The third kappa shape index (κ3) is 1.79. The lowest BCUT2D eigenvalue weighted by atomic mass is 10.3. The molecule has 1 aromatic carbocycles. The summed E-state index contributed by atoms with van der Waals surface area (Å²) in [5.74, 6) is 1.74. The van der Waals surface area contributed by atoms with Crippen molar-refractivity contribution in [2.75, 3.05) is 0 Å². The Morgan fingerprint density at radius 1 is 1.40 bits per heavy atom. The number of para-hydroxylation sites is 1. The molecule has 0 saturated heterocycles. The summed E-state index contributed by atoms with van der Waals surface area (Å²) in [6, 6.07) is 7.53. The van der Waals surface area contributed by atoms with Gasteiger partial charge in [0.25, 0.3) is 0 Å². The van der Waals surface area contributed by atoms with Gasteiger partial charge in [0.2, 0.25) is 5.89 Å². The predicted molar refractivity (Wildman–Crippen MR) is 76.2 cm³/mol. The van der Waals surface area contributed by atoms with Gasteiger partial charge in [-0.05, 0) is 31.9 Å². The molecular formula is C14H13N3O2S. The first-order chi connectivity index (χ1) is 9.74. The Labute approximate surface area is 118 Å². The van der Waals surface area contributed by atoms with E-state index < -0.39 is 0 Å². The van der Waals surface area contributed by atoms with Crippen molar-refractivity contribution in [1.82, 2.24) is 14.7 Å². The molecular weight excluding hydrogens is 274 g/mol. The number of hydrogen-bond donors (Lipinski definition) is 0. The van der Waals surface area contributed by atoms with Crippen molar-refractivity contribution in [3.05, 3.63) is 45.6 Å². The summed E-state index contributed by atoms with van der Waals surface area (Å²) < 4.78 is 8.04. The first-order valence-corrected chi connectivity index (χ1v) is 7.49. The number of thiazole rings is 1. The van der Waals surface area contributed by atoms with Gasteiger partial charge in [0.1, 0.15) is 6.04 Å². The van der Waals surface area contributed by atoms with Crippen LogP contribution < -0.4 is 4.87 Å². The molecule has 5 nitrogen and oxygen atoms in total. The number of rotatable bonds is 3. The number of nitrogens with zero attached hydrogens (tertiary/aromatic N) is 3. The number of fused-ring (bicyclic) bond motifs is 1. The molecule has 0 bridgehead atoms. The zero-order valence-corrected chi connectivity index (χ0v) is 11.8. The molecule has 2 aromatic heterocycles. The van der Waals surface area contributed by atoms with E-state index in [4.69, 9.17) is 4.52 Å². The van der Waals surface area contributed by atoms with E-state index in [9.17, 15) is 4.79 Å². The summed E-state index contributed by atoms with van der Waals surface area (Å²) in [4.78, 5) is 16.6. The van der Waals surface area contributed by atoms with E-state index in [1.807, 2.05) is 31.2 Å². The van der Waals surface area contributed by atoms with E-state index in [2.05, 4.69) is 10.1 Å². The largest absolute Gasteiger partial charge is 0.337 e. The molecule has 2 heterocycles. The fraction of sp³-hybridized carbons (Fsp3) is 0.357. The molecule has 1 atom stereocenters. The standard InChI is InChI=1S/C14H13N3O2S/c1-8(13-15-12(16-19-13)9-6-7-9)17-10-4-2-3-5-11(10)20-14(17)18/h2-5,8-9H,6-7H2,1H3. The Balaban J connectivity index is 1.80. The highest BCUT2D eigenvalue weighted by Gasteiger charge is 2.30. The lowest BCUT2D eigenvalue weighted by molar-refractivity contribution is 0.343. The minimum atomic E-state index is -0.237. The van der Waals surface area contributed by atoms with Gasteiger partial charge in [-0.15, -0.1) is 0 Å². The highest BCUT2D eigenvalue weighted by molar-refractivity contribution is 7.16. The molecule has 0 amide bonds. The Morgan fingerprint density at radius 3 is 3.00 bits per heavy atom. The van der Waals surface area contributed by atoms with Crippen molar-refractivity contribution in [1.29, 1.82) is 0 Å². The van der Waals surface area contributed by atoms with Crippen LogP contribution in [0.1, 0.15) is 43.4 Å². The molecule has 4 rings (SSSR count). The van der Waals surface area contributed by atoms with Crippen molar-refractivity contribution in [2.24, 2.45) is 0 Å². The van der Waals surface area contributed by atoms with Gasteiger partial charge in [0.05, 0.1) is 10.2 Å². The lowest BCUT2D eigenvalue weighted by Gasteiger charge is -2.08. The SMILES string of the molecule is CC(c1nc(C2CC2)no1)n1c(=O)sc2ccccc21. The van der Waals surface area contributed by atoms with Crippen LogP contribution in [-0.4, -0.2) is 14.7 Å². The number of benzene rings is 1. The first-order valence-electron chi connectivity index (χ1n) is 6.67. The molecule has 3 aromatic rings. The van der Waals surface area contributed by atoms with Gasteiger partial charge in [-0.3, -0.25) is 9.36 Å². The van der Waals surface area contributed by atoms with E-state index in [1.165, 1.54) is 11.3 Å². The Hall–Kier alpha value is -1.95. The van der Waals surface area contributed by atoms with Crippen molar-refractivity contribution in [2.45, 2.75) is 31.7 Å². The second kappa shape index (κ2) is 4.28. The van der Waals surface area contributed by atoms with Crippen LogP contribution in [0.4, 0.5) is 0 Å². The van der Waals surface area contributed by atoms with E-state index in [1.54, 1.807) is 4.57 Å². The third-order valence-corrected chi connectivity index (χ3v) is 4.60. The molecule has 0 spiro atoms. The summed E-state index contributed by atoms with van der Waals surface area (Å²) >= 11 is 1.24. The van der Waals surface area contributed by atoms with Crippen LogP contribution in [0.5, 0.6) is 0 Å². The predicted octanol–water partition coefficient (Wildman–Crippen LogP) is 2.93. The smallest absolute Gasteiger partial charge is 0.308 e. The topological polar surface area (TPSA) is 60.9 Å². The molecule has 0 radical (unpaired) electrons. The molecule has 1 fully saturated rings. The minimum Gasteiger partial charge on any atom is -0.337 e. The fourth-order valence-corrected chi connectivity index (χ4v) is 3.35. The highest BCUT2D eigenvalue weighted by atomic mass is 32.1. The second-order valence-electron chi connectivity index (χ2n) is 5.15. The van der Waals surface area contributed by atoms with E-state index in [-0.39, 0.29) is 10.9 Å². The van der Waals surface area contributed by atoms with E-state index in [0.717, 1.165) is 28.9 Å². The Morgan fingerprint density at radius 2 is 2.20 bits per heavy atom. The van der Waals surface area contributed by atoms with Crippen LogP contribution in [0.3, 0.4) is 0 Å². The summed E-state index contributed by atoms with van der Waals surface area (Å²) in [5, 5.41) is 4.02. The molecule has 1 saturated carbocycles. The van der Waals surface area contributed by atoms with Gasteiger partial charge in [0.15, 0.2) is 5.82 Å². The molecule has 0 aliphatic heterocycles. The highest BCUT2D eigenvalue weighted by Crippen LogP contribution is 2.38. The van der Waals surface area contributed by atoms with Gasteiger partial charge in [0, 0.05) is 5.92 Å². The summed E-state index contributed by atoms with van der Waals surface area (Å²) in [5.41, 5.74) is 0.918. The number of hydrogen-bond acceptors (Lipinski definition) is 5. The van der Waals surface area contributed by atoms with Crippen molar-refractivity contribution < 1.29 is 4.52 Å². The van der Waals surface area contributed by atoms with Gasteiger partial charge < -0.3 is 4.52 Å². The van der Waals surface area contributed by atoms with Crippen LogP contribution in [0.2, 0.25) is 0 Å². The van der Waals surface area contributed by atoms with E-state index in [0.29, 0.717) is 11.8 Å². The summed E-state index contributed by atoms with van der Waals surface area (Å²) in [7, 11) is 0. The van der Waals surface area contributed by atoms with Gasteiger partial charge >= 0.3 is 4.87 Å². The van der Waals surface area contributed by atoms with Gasteiger partial charge in [-0.1, -0.05) is 28.6 Å². The average Bonchev–Trinajstić information content (AvgIpc) is 3.08. The monoisotopic (exact) mass is 287 g/mol. The maximum absolute atomic E-state index is 12.2. The molecule has 6 heteroatoms. The van der Waals surface area contributed by atoms with Crippen molar-refractivity contribution >= 4 is 21.6 Å². The van der Waals surface area contributed by atoms with Crippen molar-refractivity contribution in [3.8, 4) is 0 Å². The molecule has 1 aliphatic rings. The zero-order valence-electron chi connectivity index (χ0n) is 10.9. The van der Waals surface area contributed by atoms with E-state index >= 15 is 0 Å². The first kappa shape index (κ1) is 11.8. The van der Waals surface area contributed by atoms with Crippen LogP contribution in [0.25, 0.3) is 10.2 Å².